The number of nitrogens with one attached hydrogen (secondary N) is 2. The van der Waals surface area contributed by atoms with Gasteiger partial charge in [-0.3, -0.25) is 14.9 Å². The molecule has 24 heavy (non-hydrogen) atoms. The van der Waals surface area contributed by atoms with Crippen molar-refractivity contribution in [3.05, 3.63) is 35.4 Å². The number of alkyl halides is 2. The van der Waals surface area contributed by atoms with E-state index in [-0.39, 0.29) is 24.9 Å². The van der Waals surface area contributed by atoms with Crippen LogP contribution in [0.2, 0.25) is 0 Å². The van der Waals surface area contributed by atoms with Crippen molar-refractivity contribution in [2.45, 2.75) is 31.4 Å². The van der Waals surface area contributed by atoms with E-state index in [0.717, 1.165) is 12.0 Å². The minimum atomic E-state index is -2.86. The van der Waals surface area contributed by atoms with Crippen molar-refractivity contribution in [3.63, 3.8) is 0 Å². The van der Waals surface area contributed by atoms with Gasteiger partial charge >= 0.3 is 0 Å². The lowest BCUT2D eigenvalue weighted by Gasteiger charge is -2.29. The first-order chi connectivity index (χ1) is 10.9. The summed E-state index contributed by atoms with van der Waals surface area (Å²) in [6.07, 6.45) is 0.260. The number of carbonyl (C=O) groups is 2. The van der Waals surface area contributed by atoms with E-state index in [9.17, 15) is 18.4 Å². The summed E-state index contributed by atoms with van der Waals surface area (Å²) in [4.78, 5) is 25.7. The topological polar surface area (TPSA) is 61.4 Å². The maximum atomic E-state index is 13.1. The van der Waals surface area contributed by atoms with E-state index in [2.05, 4.69) is 10.6 Å². The van der Waals surface area contributed by atoms with Crippen LogP contribution in [0.25, 0.3) is 0 Å². The second kappa shape index (κ2) is 7.44. The molecule has 1 aromatic rings. The lowest BCUT2D eigenvalue weighted by Crippen LogP contribution is -2.46. The molecule has 1 aromatic carbocycles. The molecule has 2 N–H and O–H groups in total. The number of halogens is 3. The van der Waals surface area contributed by atoms with Gasteiger partial charge in [0.15, 0.2) is 0 Å². The summed E-state index contributed by atoms with van der Waals surface area (Å²) in [5.74, 6) is -3.60. The molecule has 0 spiro atoms. The minimum absolute atomic E-state index is 0. The van der Waals surface area contributed by atoms with Crippen molar-refractivity contribution in [1.29, 1.82) is 0 Å². The highest BCUT2D eigenvalue weighted by Crippen LogP contribution is 2.25. The molecule has 0 radical (unpaired) electrons. The predicted octanol–water partition coefficient (Wildman–Crippen LogP) is 1.11. The van der Waals surface area contributed by atoms with Gasteiger partial charge in [0.05, 0.1) is 19.1 Å². The number of fused-ring (bicyclic) bond motifs is 1. The van der Waals surface area contributed by atoms with E-state index in [4.69, 9.17) is 0 Å². The van der Waals surface area contributed by atoms with Crippen LogP contribution in [-0.4, -0.2) is 48.3 Å². The first kappa shape index (κ1) is 18.6. The number of rotatable bonds is 3. The van der Waals surface area contributed by atoms with Crippen LogP contribution in [0.5, 0.6) is 0 Å². The summed E-state index contributed by atoms with van der Waals surface area (Å²) in [5.41, 5.74) is 2.34. The van der Waals surface area contributed by atoms with Gasteiger partial charge in [0.2, 0.25) is 11.8 Å². The molecule has 132 valence electrons. The van der Waals surface area contributed by atoms with Gasteiger partial charge < -0.3 is 10.2 Å². The van der Waals surface area contributed by atoms with Crippen molar-refractivity contribution in [1.82, 2.24) is 15.5 Å². The molecule has 2 amide bonds. The van der Waals surface area contributed by atoms with Crippen LogP contribution in [0.3, 0.4) is 0 Å². The Hall–Kier alpha value is -1.73. The lowest BCUT2D eigenvalue weighted by atomic mass is 10.00. The van der Waals surface area contributed by atoms with Crippen LogP contribution < -0.4 is 10.6 Å². The smallest absolute Gasteiger partial charge is 0.262 e. The minimum Gasteiger partial charge on any atom is -0.346 e. The Labute approximate surface area is 145 Å². The van der Waals surface area contributed by atoms with Gasteiger partial charge in [-0.05, 0) is 17.5 Å². The second-order valence-electron chi connectivity index (χ2n) is 6.05. The summed E-state index contributed by atoms with van der Waals surface area (Å²) in [6.45, 7) is 0.461. The molecule has 3 rings (SSSR count). The van der Waals surface area contributed by atoms with E-state index in [0.29, 0.717) is 13.1 Å². The highest BCUT2D eigenvalue weighted by Gasteiger charge is 2.42. The maximum absolute atomic E-state index is 13.1. The SMILES string of the molecule is Cl.O=C(NCC(=O)N1CCc2ccccc2C1)C1CC(F)(F)CN1. The van der Waals surface area contributed by atoms with Crippen LogP contribution in [-0.2, 0) is 22.6 Å². The quantitative estimate of drug-likeness (QED) is 0.850. The number of nitrogens with zero attached hydrogens (tertiary/aromatic N) is 1. The molecule has 2 aliphatic heterocycles. The number of hydrogen-bond donors (Lipinski definition) is 2. The zero-order chi connectivity index (χ0) is 16.4. The molecule has 1 atom stereocenters. The largest absolute Gasteiger partial charge is 0.346 e. The van der Waals surface area contributed by atoms with Crippen LogP contribution in [0.4, 0.5) is 8.78 Å². The van der Waals surface area contributed by atoms with E-state index in [1.54, 1.807) is 4.90 Å². The summed E-state index contributed by atoms with van der Waals surface area (Å²) in [7, 11) is 0. The highest BCUT2D eigenvalue weighted by atomic mass is 35.5. The van der Waals surface area contributed by atoms with Crippen LogP contribution in [0.15, 0.2) is 24.3 Å². The monoisotopic (exact) mass is 359 g/mol. The van der Waals surface area contributed by atoms with Gasteiger partial charge in [0, 0.05) is 19.5 Å². The molecule has 0 bridgehead atoms. The fourth-order valence-electron chi connectivity index (χ4n) is 3.01. The average molecular weight is 360 g/mol. The second-order valence-corrected chi connectivity index (χ2v) is 6.05. The zero-order valence-corrected chi connectivity index (χ0v) is 13.9. The molecule has 0 aromatic heterocycles. The van der Waals surface area contributed by atoms with Gasteiger partial charge in [0.25, 0.3) is 5.92 Å². The summed E-state index contributed by atoms with van der Waals surface area (Å²) in [5, 5.41) is 4.93. The Morgan fingerprint density at radius 2 is 2.00 bits per heavy atom. The Kier molecular flexibility index (Phi) is 5.77. The third-order valence-corrected chi connectivity index (χ3v) is 4.32. The Morgan fingerprint density at radius 3 is 2.67 bits per heavy atom. The first-order valence-corrected chi connectivity index (χ1v) is 7.68. The van der Waals surface area contributed by atoms with Crippen molar-refractivity contribution in [2.75, 3.05) is 19.6 Å². The fourth-order valence-corrected chi connectivity index (χ4v) is 3.01. The number of amides is 2. The Morgan fingerprint density at radius 1 is 1.29 bits per heavy atom. The van der Waals surface area contributed by atoms with E-state index in [1.165, 1.54) is 5.56 Å². The molecule has 2 heterocycles. The highest BCUT2D eigenvalue weighted by molar-refractivity contribution is 5.87. The lowest BCUT2D eigenvalue weighted by molar-refractivity contribution is -0.134. The van der Waals surface area contributed by atoms with Crippen LogP contribution >= 0.6 is 12.4 Å². The van der Waals surface area contributed by atoms with Gasteiger partial charge in [-0.15, -0.1) is 12.4 Å². The molecule has 0 aliphatic carbocycles. The van der Waals surface area contributed by atoms with Gasteiger partial charge in [0.1, 0.15) is 0 Å². The number of benzene rings is 1. The Balaban J connectivity index is 0.00000208. The molecule has 5 nitrogen and oxygen atoms in total. The molecular formula is C16H20ClF2N3O2. The first-order valence-electron chi connectivity index (χ1n) is 7.68. The molecule has 1 saturated heterocycles. The fraction of sp³-hybridized carbons (Fsp3) is 0.500. The van der Waals surface area contributed by atoms with Crippen molar-refractivity contribution < 1.29 is 18.4 Å². The Bertz CT molecular complexity index is 627. The van der Waals surface area contributed by atoms with E-state index >= 15 is 0 Å². The summed E-state index contributed by atoms with van der Waals surface area (Å²) >= 11 is 0. The predicted molar refractivity (Wildman–Crippen MR) is 87.2 cm³/mol. The maximum Gasteiger partial charge on any atom is 0.262 e. The van der Waals surface area contributed by atoms with E-state index in [1.807, 2.05) is 24.3 Å². The summed E-state index contributed by atoms with van der Waals surface area (Å²) < 4.78 is 26.1. The molecule has 1 fully saturated rings. The van der Waals surface area contributed by atoms with Crippen LogP contribution in [0.1, 0.15) is 17.5 Å². The van der Waals surface area contributed by atoms with Gasteiger partial charge in [-0.2, -0.15) is 0 Å². The average Bonchev–Trinajstić information content (AvgIpc) is 2.92. The molecule has 2 aliphatic rings. The molecule has 8 heteroatoms. The summed E-state index contributed by atoms with van der Waals surface area (Å²) in [6, 6.07) is 7.00. The number of hydrogen-bond acceptors (Lipinski definition) is 3. The third kappa shape index (κ3) is 4.21. The zero-order valence-electron chi connectivity index (χ0n) is 13.1. The standard InChI is InChI=1S/C16H19F2N3O2.ClH/c17-16(18)7-13(20-10-16)15(23)19-8-14(22)21-6-5-11-3-1-2-4-12(11)9-21;/h1-4,13,20H,5-10H2,(H,19,23);1H. The van der Waals surface area contributed by atoms with Crippen LogP contribution in [0, 0.1) is 0 Å². The molecule has 1 unspecified atom stereocenters. The normalized spacial score (nSPS) is 21.6. The van der Waals surface area contributed by atoms with Gasteiger partial charge in [-0.1, -0.05) is 24.3 Å². The van der Waals surface area contributed by atoms with Crippen molar-refractivity contribution in [2.24, 2.45) is 0 Å². The van der Waals surface area contributed by atoms with E-state index < -0.39 is 30.8 Å². The molecular weight excluding hydrogens is 340 g/mol. The number of carbonyl (C=O) groups excluding carboxylic acids is 2. The van der Waals surface area contributed by atoms with Gasteiger partial charge in [-0.25, -0.2) is 8.78 Å². The molecule has 0 saturated carbocycles. The van der Waals surface area contributed by atoms with Crippen molar-refractivity contribution in [3.8, 4) is 0 Å². The van der Waals surface area contributed by atoms with Crippen molar-refractivity contribution >= 4 is 24.2 Å². The third-order valence-electron chi connectivity index (χ3n) is 4.32.